The smallest absolute Gasteiger partial charge is 0.0175 e. The van der Waals surface area contributed by atoms with Crippen LogP contribution in [0.3, 0.4) is 0 Å². The average Bonchev–Trinajstić information content (AvgIpc) is 2.49. The van der Waals surface area contributed by atoms with Gasteiger partial charge in [-0.15, -0.1) is 0 Å². The summed E-state index contributed by atoms with van der Waals surface area (Å²) in [6, 6.07) is 9.48. The van der Waals surface area contributed by atoms with E-state index in [1.807, 2.05) is 0 Å². The number of hydrogen-bond donors (Lipinski definition) is 1. The first-order valence-electron chi connectivity index (χ1n) is 8.20. The summed E-state index contributed by atoms with van der Waals surface area (Å²) in [6.45, 7) is 5.65. The van der Waals surface area contributed by atoms with Gasteiger partial charge >= 0.3 is 0 Å². The Bertz CT molecular complexity index is 379. The molecule has 0 heterocycles. The maximum absolute atomic E-state index is 3.74. The van der Waals surface area contributed by atoms with Gasteiger partial charge in [0.25, 0.3) is 0 Å². The van der Waals surface area contributed by atoms with Gasteiger partial charge in [0, 0.05) is 10.5 Å². The molecule has 0 bridgehead atoms. The lowest BCUT2D eigenvalue weighted by molar-refractivity contribution is 0.218. The summed E-state index contributed by atoms with van der Waals surface area (Å²) in [4.78, 5) is 0. The fourth-order valence-electron chi connectivity index (χ4n) is 3.54. The van der Waals surface area contributed by atoms with Crippen molar-refractivity contribution >= 4 is 15.9 Å². The second-order valence-electron chi connectivity index (χ2n) is 6.18. The second-order valence-corrected chi connectivity index (χ2v) is 7.10. The standard InChI is InChI=1S/C18H28BrN/c1-3-14-5-9-16(10-6-14)18(20-4-2)13-15-7-11-17(19)12-8-15/h7-8,11-12,14,16,18,20H,3-6,9-10,13H2,1-2H3. The third kappa shape index (κ3) is 4.60. The van der Waals surface area contributed by atoms with Crippen molar-refractivity contribution in [3.05, 3.63) is 34.3 Å². The van der Waals surface area contributed by atoms with Crippen molar-refractivity contribution in [2.24, 2.45) is 11.8 Å². The van der Waals surface area contributed by atoms with Crippen LogP contribution in [0.15, 0.2) is 28.7 Å². The van der Waals surface area contributed by atoms with E-state index >= 15 is 0 Å². The Morgan fingerprint density at radius 3 is 2.30 bits per heavy atom. The number of rotatable bonds is 6. The fourth-order valence-corrected chi connectivity index (χ4v) is 3.81. The molecule has 1 aliphatic carbocycles. The van der Waals surface area contributed by atoms with Gasteiger partial charge < -0.3 is 5.32 Å². The van der Waals surface area contributed by atoms with E-state index in [0.29, 0.717) is 6.04 Å². The quantitative estimate of drug-likeness (QED) is 0.753. The highest BCUT2D eigenvalue weighted by Gasteiger charge is 2.26. The van der Waals surface area contributed by atoms with E-state index in [-0.39, 0.29) is 0 Å². The lowest BCUT2D eigenvalue weighted by atomic mass is 9.76. The average molecular weight is 338 g/mol. The summed E-state index contributed by atoms with van der Waals surface area (Å²) in [6.07, 6.45) is 8.22. The molecule has 2 heteroatoms. The minimum absolute atomic E-state index is 0.652. The molecule has 1 N–H and O–H groups in total. The molecule has 0 spiro atoms. The van der Waals surface area contributed by atoms with Gasteiger partial charge in [-0.2, -0.15) is 0 Å². The van der Waals surface area contributed by atoms with Crippen LogP contribution >= 0.6 is 15.9 Å². The molecule has 2 rings (SSSR count). The Morgan fingerprint density at radius 2 is 1.75 bits per heavy atom. The van der Waals surface area contributed by atoms with E-state index in [1.165, 1.54) is 48.6 Å². The van der Waals surface area contributed by atoms with E-state index in [4.69, 9.17) is 0 Å². The van der Waals surface area contributed by atoms with Crippen molar-refractivity contribution in [1.82, 2.24) is 5.32 Å². The Kier molecular flexibility index (Phi) is 6.57. The molecule has 0 aromatic heterocycles. The Morgan fingerprint density at radius 1 is 1.10 bits per heavy atom. The summed E-state index contributed by atoms with van der Waals surface area (Å²) in [5, 5.41) is 3.74. The lowest BCUT2D eigenvalue weighted by Gasteiger charge is -2.34. The molecule has 1 aromatic carbocycles. The Balaban J connectivity index is 1.94. The van der Waals surface area contributed by atoms with E-state index in [2.05, 4.69) is 59.4 Å². The zero-order chi connectivity index (χ0) is 14.4. The van der Waals surface area contributed by atoms with E-state index in [9.17, 15) is 0 Å². The normalized spacial score (nSPS) is 24.6. The third-order valence-corrected chi connectivity index (χ3v) is 5.40. The van der Waals surface area contributed by atoms with Crippen LogP contribution in [0, 0.1) is 11.8 Å². The van der Waals surface area contributed by atoms with Crippen LogP contribution in [0.1, 0.15) is 51.5 Å². The van der Waals surface area contributed by atoms with Gasteiger partial charge in [0.2, 0.25) is 0 Å². The molecule has 112 valence electrons. The molecular weight excluding hydrogens is 310 g/mol. The van der Waals surface area contributed by atoms with Crippen molar-refractivity contribution < 1.29 is 0 Å². The van der Waals surface area contributed by atoms with Gasteiger partial charge in [0.05, 0.1) is 0 Å². The van der Waals surface area contributed by atoms with Gasteiger partial charge in [-0.05, 0) is 55.3 Å². The number of hydrogen-bond acceptors (Lipinski definition) is 1. The maximum atomic E-state index is 3.74. The second kappa shape index (κ2) is 8.19. The number of benzene rings is 1. The summed E-state index contributed by atoms with van der Waals surface area (Å²) in [5.74, 6) is 1.85. The molecule has 1 unspecified atom stereocenters. The van der Waals surface area contributed by atoms with Gasteiger partial charge in [-0.3, -0.25) is 0 Å². The first-order chi connectivity index (χ1) is 9.72. The highest BCUT2D eigenvalue weighted by atomic mass is 79.9. The molecule has 1 aromatic rings. The predicted molar refractivity (Wildman–Crippen MR) is 91.0 cm³/mol. The summed E-state index contributed by atoms with van der Waals surface area (Å²) in [7, 11) is 0. The molecule has 0 amide bonds. The molecule has 0 radical (unpaired) electrons. The zero-order valence-corrected chi connectivity index (χ0v) is 14.5. The van der Waals surface area contributed by atoms with Crippen LogP contribution in [0.5, 0.6) is 0 Å². The van der Waals surface area contributed by atoms with E-state index in [1.54, 1.807) is 0 Å². The lowest BCUT2D eigenvalue weighted by Crippen LogP contribution is -2.39. The molecule has 0 aliphatic heterocycles. The van der Waals surface area contributed by atoms with E-state index in [0.717, 1.165) is 18.4 Å². The van der Waals surface area contributed by atoms with Gasteiger partial charge in [0.15, 0.2) is 0 Å². The highest BCUT2D eigenvalue weighted by Crippen LogP contribution is 2.33. The predicted octanol–water partition coefficient (Wildman–Crippen LogP) is 5.19. The molecule has 1 fully saturated rings. The number of halogens is 1. The van der Waals surface area contributed by atoms with Crippen LogP contribution in [0.2, 0.25) is 0 Å². The van der Waals surface area contributed by atoms with Crippen molar-refractivity contribution in [2.45, 2.75) is 58.4 Å². The molecule has 0 saturated heterocycles. The van der Waals surface area contributed by atoms with Gasteiger partial charge in [-0.25, -0.2) is 0 Å². The largest absolute Gasteiger partial charge is 0.314 e. The van der Waals surface area contributed by atoms with Crippen molar-refractivity contribution in [2.75, 3.05) is 6.54 Å². The fraction of sp³-hybridized carbons (Fsp3) is 0.667. The number of nitrogens with one attached hydrogen (secondary N) is 1. The molecular formula is C18H28BrN. The summed E-state index contributed by atoms with van der Waals surface area (Å²) < 4.78 is 1.17. The maximum Gasteiger partial charge on any atom is 0.0175 e. The minimum atomic E-state index is 0.652. The summed E-state index contributed by atoms with van der Waals surface area (Å²) in [5.41, 5.74) is 1.46. The highest BCUT2D eigenvalue weighted by molar-refractivity contribution is 9.10. The first kappa shape index (κ1) is 16.0. The van der Waals surface area contributed by atoms with Crippen molar-refractivity contribution in [1.29, 1.82) is 0 Å². The monoisotopic (exact) mass is 337 g/mol. The SMILES string of the molecule is CCNC(Cc1ccc(Br)cc1)C1CCC(CC)CC1. The summed E-state index contributed by atoms with van der Waals surface area (Å²) >= 11 is 3.52. The molecule has 1 saturated carbocycles. The molecule has 1 aliphatic rings. The van der Waals surface area contributed by atoms with Crippen molar-refractivity contribution in [3.8, 4) is 0 Å². The van der Waals surface area contributed by atoms with Crippen LogP contribution in [-0.2, 0) is 6.42 Å². The Labute approximate surface area is 132 Å². The topological polar surface area (TPSA) is 12.0 Å². The van der Waals surface area contributed by atoms with Crippen LogP contribution < -0.4 is 5.32 Å². The molecule has 20 heavy (non-hydrogen) atoms. The van der Waals surface area contributed by atoms with Crippen LogP contribution in [0.25, 0.3) is 0 Å². The molecule has 1 atom stereocenters. The van der Waals surface area contributed by atoms with E-state index < -0.39 is 0 Å². The zero-order valence-electron chi connectivity index (χ0n) is 12.9. The minimum Gasteiger partial charge on any atom is -0.314 e. The van der Waals surface area contributed by atoms with Gasteiger partial charge in [-0.1, -0.05) is 61.2 Å². The first-order valence-corrected chi connectivity index (χ1v) is 9.00. The third-order valence-electron chi connectivity index (χ3n) is 4.87. The van der Waals surface area contributed by atoms with Crippen LogP contribution in [0.4, 0.5) is 0 Å². The van der Waals surface area contributed by atoms with Crippen LogP contribution in [-0.4, -0.2) is 12.6 Å². The number of likely N-dealkylation sites (N-methyl/N-ethyl adjacent to an activating group) is 1. The Hall–Kier alpha value is -0.340. The van der Waals surface area contributed by atoms with Gasteiger partial charge in [0.1, 0.15) is 0 Å². The molecule has 1 nitrogen and oxygen atoms in total. The van der Waals surface area contributed by atoms with Crippen molar-refractivity contribution in [3.63, 3.8) is 0 Å².